The Hall–Kier alpha value is -0.840. The maximum atomic E-state index is 8.75. The second kappa shape index (κ2) is 5.01. The standard InChI is InChI=1S/C8H10ClNO3/c9-7-3-6(5-12)4-10-8(7)13-2-1-11/h3-4,11-12H,1-2,5H2. The maximum Gasteiger partial charge on any atom is 0.232 e. The highest BCUT2D eigenvalue weighted by atomic mass is 35.5. The van der Waals surface area contributed by atoms with Crippen molar-refractivity contribution in [2.24, 2.45) is 0 Å². The van der Waals surface area contributed by atoms with E-state index < -0.39 is 0 Å². The van der Waals surface area contributed by atoms with Gasteiger partial charge >= 0.3 is 0 Å². The van der Waals surface area contributed by atoms with E-state index >= 15 is 0 Å². The molecule has 0 spiro atoms. The van der Waals surface area contributed by atoms with Crippen molar-refractivity contribution in [3.05, 3.63) is 22.8 Å². The zero-order valence-corrected chi connectivity index (χ0v) is 7.66. The first-order valence-electron chi connectivity index (χ1n) is 3.77. The maximum absolute atomic E-state index is 8.75. The Morgan fingerprint density at radius 2 is 2.23 bits per heavy atom. The van der Waals surface area contributed by atoms with Gasteiger partial charge < -0.3 is 14.9 Å². The Morgan fingerprint density at radius 3 is 2.77 bits per heavy atom. The third-order valence-electron chi connectivity index (χ3n) is 1.38. The monoisotopic (exact) mass is 203 g/mol. The summed E-state index contributed by atoms with van der Waals surface area (Å²) in [6, 6.07) is 1.57. The molecule has 13 heavy (non-hydrogen) atoms. The van der Waals surface area contributed by atoms with Gasteiger partial charge in [0.15, 0.2) is 0 Å². The van der Waals surface area contributed by atoms with E-state index in [0.29, 0.717) is 10.6 Å². The Kier molecular flexibility index (Phi) is 3.95. The van der Waals surface area contributed by atoms with Gasteiger partial charge in [-0.15, -0.1) is 0 Å². The van der Waals surface area contributed by atoms with Gasteiger partial charge in [-0.1, -0.05) is 11.6 Å². The molecular formula is C8H10ClNO3. The van der Waals surface area contributed by atoms with Crippen molar-refractivity contribution >= 4 is 11.6 Å². The molecule has 72 valence electrons. The van der Waals surface area contributed by atoms with Crippen LogP contribution in [0.2, 0.25) is 5.02 Å². The molecule has 0 atom stereocenters. The fraction of sp³-hybridized carbons (Fsp3) is 0.375. The van der Waals surface area contributed by atoms with E-state index in [0.717, 1.165) is 0 Å². The number of hydrogen-bond acceptors (Lipinski definition) is 4. The van der Waals surface area contributed by atoms with Crippen molar-refractivity contribution in [1.82, 2.24) is 4.98 Å². The molecule has 0 aliphatic rings. The quantitative estimate of drug-likeness (QED) is 0.752. The summed E-state index contributed by atoms with van der Waals surface area (Å²) in [6.45, 7) is -0.0298. The number of aliphatic hydroxyl groups excluding tert-OH is 2. The van der Waals surface area contributed by atoms with Gasteiger partial charge in [0.25, 0.3) is 0 Å². The van der Waals surface area contributed by atoms with Crippen LogP contribution in [-0.4, -0.2) is 28.4 Å². The molecule has 1 aromatic heterocycles. The van der Waals surface area contributed by atoms with Gasteiger partial charge in [0.1, 0.15) is 11.6 Å². The zero-order valence-electron chi connectivity index (χ0n) is 6.90. The molecule has 0 fully saturated rings. The van der Waals surface area contributed by atoms with Crippen LogP contribution < -0.4 is 4.74 Å². The highest BCUT2D eigenvalue weighted by Crippen LogP contribution is 2.22. The minimum Gasteiger partial charge on any atom is -0.474 e. The Balaban J connectivity index is 2.73. The summed E-state index contributed by atoms with van der Waals surface area (Å²) in [5.41, 5.74) is 0.626. The van der Waals surface area contributed by atoms with Crippen molar-refractivity contribution in [2.75, 3.05) is 13.2 Å². The molecule has 1 aromatic rings. The van der Waals surface area contributed by atoms with Crippen molar-refractivity contribution < 1.29 is 14.9 Å². The first kappa shape index (κ1) is 10.2. The third-order valence-corrected chi connectivity index (χ3v) is 1.65. The summed E-state index contributed by atoms with van der Waals surface area (Å²) in [4.78, 5) is 3.86. The van der Waals surface area contributed by atoms with Crippen LogP contribution in [0.3, 0.4) is 0 Å². The molecule has 0 saturated carbocycles. The predicted octanol–water partition coefficient (Wildman–Crippen LogP) is 0.598. The van der Waals surface area contributed by atoms with E-state index in [1.165, 1.54) is 6.20 Å². The number of nitrogens with zero attached hydrogens (tertiary/aromatic N) is 1. The smallest absolute Gasteiger partial charge is 0.232 e. The number of pyridine rings is 1. The Morgan fingerprint density at radius 1 is 1.46 bits per heavy atom. The van der Waals surface area contributed by atoms with E-state index in [1.807, 2.05) is 0 Å². The van der Waals surface area contributed by atoms with Crippen molar-refractivity contribution in [3.63, 3.8) is 0 Å². The molecule has 2 N–H and O–H groups in total. The predicted molar refractivity (Wildman–Crippen MR) is 47.8 cm³/mol. The van der Waals surface area contributed by atoms with E-state index in [2.05, 4.69) is 4.98 Å². The molecule has 4 nitrogen and oxygen atoms in total. The van der Waals surface area contributed by atoms with Gasteiger partial charge in [-0.25, -0.2) is 4.98 Å². The molecule has 0 aliphatic carbocycles. The van der Waals surface area contributed by atoms with Crippen LogP contribution in [-0.2, 0) is 6.61 Å². The van der Waals surface area contributed by atoms with Crippen molar-refractivity contribution in [2.45, 2.75) is 6.61 Å². The normalized spacial score (nSPS) is 10.1. The lowest BCUT2D eigenvalue weighted by molar-refractivity contribution is 0.196. The van der Waals surface area contributed by atoms with Gasteiger partial charge in [0.2, 0.25) is 5.88 Å². The topological polar surface area (TPSA) is 62.6 Å². The number of halogens is 1. The summed E-state index contributed by atoms with van der Waals surface area (Å²) in [5.74, 6) is 0.271. The minimum absolute atomic E-state index is 0.0836. The van der Waals surface area contributed by atoms with Gasteiger partial charge in [-0.2, -0.15) is 0 Å². The summed E-state index contributed by atoms with van der Waals surface area (Å²) in [5, 5.41) is 17.6. The molecule has 1 rings (SSSR count). The molecule has 1 heterocycles. The molecule has 0 saturated heterocycles. The fourth-order valence-electron chi connectivity index (χ4n) is 0.800. The Bertz CT molecular complexity index is 280. The molecule has 0 aromatic carbocycles. The van der Waals surface area contributed by atoms with Gasteiger partial charge in [-0.3, -0.25) is 0 Å². The second-order valence-electron chi connectivity index (χ2n) is 2.36. The van der Waals surface area contributed by atoms with Crippen molar-refractivity contribution in [3.8, 4) is 5.88 Å². The largest absolute Gasteiger partial charge is 0.474 e. The highest BCUT2D eigenvalue weighted by molar-refractivity contribution is 6.31. The average molecular weight is 204 g/mol. The number of aromatic nitrogens is 1. The molecule has 0 radical (unpaired) electrons. The lowest BCUT2D eigenvalue weighted by Crippen LogP contribution is -2.03. The fourth-order valence-corrected chi connectivity index (χ4v) is 1.04. The summed E-state index contributed by atoms with van der Waals surface area (Å²) in [6.07, 6.45) is 1.47. The number of ether oxygens (including phenoxy) is 1. The van der Waals surface area contributed by atoms with Crippen LogP contribution in [0.5, 0.6) is 5.88 Å². The first-order valence-corrected chi connectivity index (χ1v) is 4.14. The second-order valence-corrected chi connectivity index (χ2v) is 2.77. The first-order chi connectivity index (χ1) is 6.27. The van der Waals surface area contributed by atoms with Crippen LogP contribution in [0.15, 0.2) is 12.3 Å². The van der Waals surface area contributed by atoms with Crippen LogP contribution >= 0.6 is 11.6 Å². The molecule has 5 heteroatoms. The van der Waals surface area contributed by atoms with Gasteiger partial charge in [-0.05, 0) is 11.6 Å². The third kappa shape index (κ3) is 2.84. The molecule has 0 bridgehead atoms. The highest BCUT2D eigenvalue weighted by Gasteiger charge is 2.03. The summed E-state index contributed by atoms with van der Waals surface area (Å²) >= 11 is 5.76. The lowest BCUT2D eigenvalue weighted by atomic mass is 10.3. The van der Waals surface area contributed by atoms with Gasteiger partial charge in [0, 0.05) is 6.20 Å². The summed E-state index contributed by atoms with van der Waals surface area (Å²) in [7, 11) is 0. The number of rotatable bonds is 4. The van der Waals surface area contributed by atoms with E-state index in [9.17, 15) is 0 Å². The van der Waals surface area contributed by atoms with E-state index in [-0.39, 0.29) is 25.7 Å². The van der Waals surface area contributed by atoms with Crippen LogP contribution in [0.1, 0.15) is 5.56 Å². The summed E-state index contributed by atoms with van der Waals surface area (Å²) < 4.78 is 5.01. The number of aliphatic hydroxyl groups is 2. The minimum atomic E-state index is -0.104. The van der Waals surface area contributed by atoms with Crippen LogP contribution in [0.25, 0.3) is 0 Å². The van der Waals surface area contributed by atoms with Crippen LogP contribution in [0, 0.1) is 0 Å². The molecule has 0 aliphatic heterocycles. The van der Waals surface area contributed by atoms with Crippen LogP contribution in [0.4, 0.5) is 0 Å². The van der Waals surface area contributed by atoms with E-state index in [1.54, 1.807) is 6.07 Å². The van der Waals surface area contributed by atoms with E-state index in [4.69, 9.17) is 26.6 Å². The lowest BCUT2D eigenvalue weighted by Gasteiger charge is -2.05. The van der Waals surface area contributed by atoms with Crippen molar-refractivity contribution in [1.29, 1.82) is 0 Å². The number of hydrogen-bond donors (Lipinski definition) is 2. The van der Waals surface area contributed by atoms with Gasteiger partial charge in [0.05, 0.1) is 13.2 Å². The molecule has 0 amide bonds. The Labute approximate surface area is 80.8 Å². The molecular weight excluding hydrogens is 194 g/mol. The molecule has 0 unspecified atom stereocenters. The average Bonchev–Trinajstić information content (AvgIpc) is 2.16. The SMILES string of the molecule is OCCOc1ncc(CO)cc1Cl. The zero-order chi connectivity index (χ0) is 9.68.